The van der Waals surface area contributed by atoms with Crippen LogP contribution >= 0.6 is 0 Å². The van der Waals surface area contributed by atoms with Gasteiger partial charge in [-0.2, -0.15) is 13.2 Å². The van der Waals surface area contributed by atoms with Crippen LogP contribution < -0.4 is 20.7 Å². The summed E-state index contributed by atoms with van der Waals surface area (Å²) in [7, 11) is 1.64. The van der Waals surface area contributed by atoms with Gasteiger partial charge in [-0.1, -0.05) is 12.1 Å². The van der Waals surface area contributed by atoms with Crippen LogP contribution in [0, 0.1) is 0 Å². The summed E-state index contributed by atoms with van der Waals surface area (Å²) in [4.78, 5) is 25.5. The van der Waals surface area contributed by atoms with E-state index in [-0.39, 0.29) is 6.42 Å². The lowest BCUT2D eigenvalue weighted by atomic mass is 10.1. The molecule has 3 aromatic rings. The number of nitrogens with one attached hydrogen (secondary N) is 1. The highest BCUT2D eigenvalue weighted by Crippen LogP contribution is 2.31. The molecule has 3 N–H and O–H groups in total. The molecule has 3 heterocycles. The van der Waals surface area contributed by atoms with E-state index < -0.39 is 17.6 Å². The van der Waals surface area contributed by atoms with Crippen LogP contribution in [-0.2, 0) is 17.4 Å². The molecule has 1 amide bonds. The van der Waals surface area contributed by atoms with Crippen LogP contribution in [-0.4, -0.2) is 54.1 Å². The van der Waals surface area contributed by atoms with Gasteiger partial charge < -0.3 is 20.7 Å². The summed E-state index contributed by atoms with van der Waals surface area (Å²) in [5.41, 5.74) is 5.45. The number of carbonyl (C=O) groups is 1. The van der Waals surface area contributed by atoms with Gasteiger partial charge in [0.1, 0.15) is 17.9 Å². The SMILES string of the molecule is COc1cncc2ncnc(N3CCNCC3)c12.NC(=O)Cc1ccc(C(F)(F)F)cc1. The molecule has 170 valence electrons. The number of nitrogens with zero attached hydrogens (tertiary/aromatic N) is 4. The van der Waals surface area contributed by atoms with Crippen LogP contribution in [0.2, 0.25) is 0 Å². The predicted octanol–water partition coefficient (Wildman–Crippen LogP) is 2.18. The van der Waals surface area contributed by atoms with E-state index in [4.69, 9.17) is 10.5 Å². The van der Waals surface area contributed by atoms with Gasteiger partial charge in [-0.25, -0.2) is 9.97 Å². The van der Waals surface area contributed by atoms with E-state index in [2.05, 4.69) is 25.2 Å². The molecule has 1 aliphatic heterocycles. The monoisotopic (exact) mass is 448 g/mol. The quantitative estimate of drug-likeness (QED) is 0.630. The summed E-state index contributed by atoms with van der Waals surface area (Å²) >= 11 is 0. The summed E-state index contributed by atoms with van der Waals surface area (Å²) < 4.78 is 41.6. The number of fused-ring (bicyclic) bond motifs is 1. The molecule has 0 aliphatic carbocycles. The zero-order chi connectivity index (χ0) is 23.1. The summed E-state index contributed by atoms with van der Waals surface area (Å²) in [6.45, 7) is 3.83. The van der Waals surface area contributed by atoms with Gasteiger partial charge in [0.25, 0.3) is 0 Å². The van der Waals surface area contributed by atoms with E-state index in [1.54, 1.807) is 25.8 Å². The zero-order valence-electron chi connectivity index (χ0n) is 17.4. The van der Waals surface area contributed by atoms with Gasteiger partial charge in [-0.3, -0.25) is 9.78 Å². The molecule has 4 rings (SSSR count). The van der Waals surface area contributed by atoms with E-state index >= 15 is 0 Å². The molecule has 11 heteroatoms. The van der Waals surface area contributed by atoms with Crippen molar-refractivity contribution in [2.45, 2.75) is 12.6 Å². The molecule has 1 aromatic carbocycles. The van der Waals surface area contributed by atoms with E-state index in [1.807, 2.05) is 0 Å². The molecule has 0 radical (unpaired) electrons. The maximum absolute atomic E-state index is 12.1. The van der Waals surface area contributed by atoms with Crippen LogP contribution in [0.3, 0.4) is 0 Å². The number of halogens is 3. The van der Waals surface area contributed by atoms with Gasteiger partial charge in [0.2, 0.25) is 5.91 Å². The molecule has 0 unspecified atom stereocenters. The number of alkyl halides is 3. The number of methoxy groups -OCH3 is 1. The number of rotatable bonds is 4. The molecule has 0 saturated carbocycles. The summed E-state index contributed by atoms with van der Waals surface area (Å²) in [5, 5.41) is 4.27. The number of piperazine rings is 1. The number of nitrogens with two attached hydrogens (primary N) is 1. The Labute approximate surface area is 182 Å². The highest BCUT2D eigenvalue weighted by Gasteiger charge is 2.29. The molecule has 1 fully saturated rings. The van der Waals surface area contributed by atoms with E-state index in [0.717, 1.165) is 60.8 Å². The number of primary amides is 1. The Morgan fingerprint density at radius 3 is 2.44 bits per heavy atom. The molecule has 0 atom stereocenters. The Morgan fingerprint density at radius 2 is 1.84 bits per heavy atom. The second-order valence-corrected chi connectivity index (χ2v) is 7.01. The summed E-state index contributed by atoms with van der Waals surface area (Å²) in [6, 6.07) is 4.34. The lowest BCUT2D eigenvalue weighted by Crippen LogP contribution is -2.44. The highest BCUT2D eigenvalue weighted by molar-refractivity contribution is 5.94. The first-order chi connectivity index (χ1) is 15.3. The normalized spacial score (nSPS) is 13.9. The number of aromatic nitrogens is 3. The fraction of sp³-hybridized carbons (Fsp3) is 0.333. The minimum absolute atomic E-state index is 0.0435. The lowest BCUT2D eigenvalue weighted by molar-refractivity contribution is -0.137. The number of hydrogen-bond acceptors (Lipinski definition) is 7. The average molecular weight is 448 g/mol. The van der Waals surface area contributed by atoms with Crippen molar-refractivity contribution in [1.82, 2.24) is 20.3 Å². The van der Waals surface area contributed by atoms with Crippen LogP contribution in [0.15, 0.2) is 43.0 Å². The van der Waals surface area contributed by atoms with E-state index in [1.165, 1.54) is 12.1 Å². The third-order valence-electron chi connectivity index (χ3n) is 4.79. The number of ether oxygens (including phenoxy) is 1. The molecule has 0 bridgehead atoms. The van der Waals surface area contributed by atoms with E-state index in [9.17, 15) is 18.0 Å². The van der Waals surface area contributed by atoms with E-state index in [0.29, 0.717) is 5.56 Å². The zero-order valence-corrected chi connectivity index (χ0v) is 17.4. The molecular weight excluding hydrogens is 425 g/mol. The van der Waals surface area contributed by atoms with Crippen LogP contribution in [0.1, 0.15) is 11.1 Å². The number of anilines is 1. The highest BCUT2D eigenvalue weighted by atomic mass is 19.4. The van der Waals surface area contributed by atoms with Crippen molar-refractivity contribution in [3.05, 3.63) is 54.1 Å². The Hall–Kier alpha value is -3.47. The molecule has 32 heavy (non-hydrogen) atoms. The number of hydrogen-bond donors (Lipinski definition) is 2. The molecule has 1 aliphatic rings. The molecule has 1 saturated heterocycles. The standard InChI is InChI=1S/C12H15N5O.C9H8F3NO/c1-18-10-7-14-6-9-11(10)12(16-8-15-9)17-4-2-13-3-5-17;10-9(11,12)7-3-1-6(2-4-7)5-8(13)14/h6-8,13H,2-5H2,1H3;1-4H,5H2,(H2,13,14). The largest absolute Gasteiger partial charge is 0.494 e. The molecule has 8 nitrogen and oxygen atoms in total. The lowest BCUT2D eigenvalue weighted by Gasteiger charge is -2.29. The minimum Gasteiger partial charge on any atom is -0.494 e. The topological polar surface area (TPSA) is 106 Å². The first kappa shape index (κ1) is 23.2. The minimum atomic E-state index is -4.34. The van der Waals surface area contributed by atoms with Gasteiger partial charge in [0.15, 0.2) is 0 Å². The third kappa shape index (κ3) is 5.82. The fourth-order valence-electron chi connectivity index (χ4n) is 3.25. The first-order valence-electron chi connectivity index (χ1n) is 9.82. The average Bonchev–Trinajstić information content (AvgIpc) is 2.78. The Balaban J connectivity index is 0.000000188. The van der Waals surface area contributed by atoms with Crippen LogP contribution in [0.4, 0.5) is 19.0 Å². The Bertz CT molecular complexity index is 1050. The van der Waals surface area contributed by atoms with Crippen molar-refractivity contribution >= 4 is 22.6 Å². The van der Waals surface area contributed by atoms with Gasteiger partial charge in [-0.05, 0) is 17.7 Å². The molecular formula is C21H23F3N6O2. The predicted molar refractivity (Wildman–Crippen MR) is 113 cm³/mol. The van der Waals surface area contributed by atoms with Crippen molar-refractivity contribution < 1.29 is 22.7 Å². The van der Waals surface area contributed by atoms with Gasteiger partial charge in [0, 0.05) is 26.2 Å². The first-order valence-corrected chi connectivity index (χ1v) is 9.82. The smallest absolute Gasteiger partial charge is 0.416 e. The fourth-order valence-corrected chi connectivity index (χ4v) is 3.25. The van der Waals surface area contributed by atoms with Crippen LogP contribution in [0.25, 0.3) is 10.9 Å². The second-order valence-electron chi connectivity index (χ2n) is 7.01. The molecule has 2 aromatic heterocycles. The summed E-state index contributed by atoms with van der Waals surface area (Å²) in [6.07, 6.45) is 0.646. The number of pyridine rings is 1. The van der Waals surface area contributed by atoms with Crippen molar-refractivity contribution in [3.8, 4) is 5.75 Å². The van der Waals surface area contributed by atoms with Crippen molar-refractivity contribution in [1.29, 1.82) is 0 Å². The van der Waals surface area contributed by atoms with Crippen molar-refractivity contribution in [2.24, 2.45) is 5.73 Å². The second kappa shape index (κ2) is 10.2. The Kier molecular flexibility index (Phi) is 7.41. The summed E-state index contributed by atoms with van der Waals surface area (Å²) in [5.74, 6) is 1.09. The van der Waals surface area contributed by atoms with Crippen LogP contribution in [0.5, 0.6) is 5.75 Å². The number of amides is 1. The number of benzene rings is 1. The Morgan fingerprint density at radius 1 is 1.16 bits per heavy atom. The van der Waals surface area contributed by atoms with Crippen molar-refractivity contribution in [2.75, 3.05) is 38.2 Å². The third-order valence-corrected chi connectivity index (χ3v) is 4.79. The number of carbonyl (C=O) groups excluding carboxylic acids is 1. The van der Waals surface area contributed by atoms with Gasteiger partial charge in [0.05, 0.1) is 42.4 Å². The van der Waals surface area contributed by atoms with Gasteiger partial charge >= 0.3 is 6.18 Å². The maximum atomic E-state index is 12.1. The maximum Gasteiger partial charge on any atom is 0.416 e. The van der Waals surface area contributed by atoms with Crippen molar-refractivity contribution in [3.63, 3.8) is 0 Å². The molecule has 0 spiro atoms. The van der Waals surface area contributed by atoms with Gasteiger partial charge in [-0.15, -0.1) is 0 Å².